The Labute approximate surface area is 189 Å². The van der Waals surface area contributed by atoms with Crippen LogP contribution in [0.3, 0.4) is 0 Å². The first-order chi connectivity index (χ1) is 15.4. The average Bonchev–Trinajstić information content (AvgIpc) is 3.40. The fourth-order valence-electron chi connectivity index (χ4n) is 4.74. The smallest absolute Gasteiger partial charge is 0.295 e. The molecule has 1 aliphatic carbocycles. The highest BCUT2D eigenvalue weighted by atomic mass is 16.5. The fraction of sp³-hybridized carbons (Fsp3) is 0.407. The van der Waals surface area contributed by atoms with E-state index in [-0.39, 0.29) is 17.4 Å². The highest BCUT2D eigenvalue weighted by Crippen LogP contribution is 2.43. The molecule has 0 bridgehead atoms. The van der Waals surface area contributed by atoms with Gasteiger partial charge in [-0.2, -0.15) is 0 Å². The van der Waals surface area contributed by atoms with E-state index in [0.29, 0.717) is 18.1 Å². The number of rotatable bonds is 6. The molecule has 32 heavy (non-hydrogen) atoms. The maximum Gasteiger partial charge on any atom is 0.295 e. The zero-order chi connectivity index (χ0) is 22.8. The Morgan fingerprint density at radius 1 is 1.09 bits per heavy atom. The zero-order valence-corrected chi connectivity index (χ0v) is 19.0. The van der Waals surface area contributed by atoms with Crippen molar-refractivity contribution in [1.29, 1.82) is 0 Å². The first-order valence-corrected chi connectivity index (χ1v) is 11.5. The van der Waals surface area contributed by atoms with Gasteiger partial charge in [0.1, 0.15) is 11.5 Å². The molecule has 2 fully saturated rings. The Kier molecular flexibility index (Phi) is 6.35. The summed E-state index contributed by atoms with van der Waals surface area (Å²) in [5.41, 5.74) is 2.40. The Morgan fingerprint density at radius 2 is 1.78 bits per heavy atom. The molecule has 1 saturated heterocycles. The molecule has 1 aliphatic heterocycles. The third kappa shape index (κ3) is 4.16. The van der Waals surface area contributed by atoms with Gasteiger partial charge >= 0.3 is 0 Å². The summed E-state index contributed by atoms with van der Waals surface area (Å²) in [6, 6.07) is 14.4. The van der Waals surface area contributed by atoms with Crippen LogP contribution in [-0.2, 0) is 9.59 Å². The van der Waals surface area contributed by atoms with Gasteiger partial charge in [-0.05, 0) is 55.0 Å². The van der Waals surface area contributed by atoms with Gasteiger partial charge in [-0.15, -0.1) is 0 Å². The van der Waals surface area contributed by atoms with Gasteiger partial charge in [-0.25, -0.2) is 0 Å². The van der Waals surface area contributed by atoms with Crippen molar-refractivity contribution >= 4 is 17.4 Å². The number of amides is 1. The topological polar surface area (TPSA) is 66.8 Å². The van der Waals surface area contributed by atoms with Gasteiger partial charge in [-0.1, -0.05) is 57.0 Å². The summed E-state index contributed by atoms with van der Waals surface area (Å²) in [6.07, 6.45) is 3.87. The van der Waals surface area contributed by atoms with E-state index < -0.39 is 17.7 Å². The second-order valence-electron chi connectivity index (χ2n) is 9.24. The van der Waals surface area contributed by atoms with Gasteiger partial charge in [0.05, 0.1) is 18.2 Å². The lowest BCUT2D eigenvalue weighted by molar-refractivity contribution is -0.141. The van der Waals surface area contributed by atoms with Crippen LogP contribution < -0.4 is 4.74 Å². The molecule has 1 amide bonds. The Morgan fingerprint density at radius 3 is 2.41 bits per heavy atom. The van der Waals surface area contributed by atoms with Crippen molar-refractivity contribution in [2.75, 3.05) is 6.61 Å². The van der Waals surface area contributed by atoms with Gasteiger partial charge in [0.2, 0.25) is 0 Å². The predicted octanol–water partition coefficient (Wildman–Crippen LogP) is 5.39. The number of nitrogens with zero attached hydrogens (tertiary/aromatic N) is 1. The van der Waals surface area contributed by atoms with Crippen LogP contribution >= 0.6 is 0 Å². The molecule has 2 aliphatic rings. The summed E-state index contributed by atoms with van der Waals surface area (Å²) in [7, 11) is 0. The Balaban J connectivity index is 1.77. The minimum Gasteiger partial charge on any atom is -0.507 e. The van der Waals surface area contributed by atoms with E-state index in [9.17, 15) is 14.7 Å². The number of aliphatic hydroxyl groups is 1. The highest BCUT2D eigenvalue weighted by Gasteiger charge is 2.49. The Bertz CT molecular complexity index is 1030. The van der Waals surface area contributed by atoms with Gasteiger partial charge in [-0.3, -0.25) is 9.59 Å². The first kappa shape index (κ1) is 22.1. The molecule has 1 unspecified atom stereocenters. The van der Waals surface area contributed by atoms with Crippen molar-refractivity contribution in [2.45, 2.75) is 58.5 Å². The highest BCUT2D eigenvalue weighted by molar-refractivity contribution is 6.46. The number of hydrogen-bond acceptors (Lipinski definition) is 4. The maximum atomic E-state index is 13.2. The molecule has 2 aromatic carbocycles. The maximum absolute atomic E-state index is 13.2. The van der Waals surface area contributed by atoms with Crippen molar-refractivity contribution in [3.05, 3.63) is 70.8 Å². The van der Waals surface area contributed by atoms with Crippen molar-refractivity contribution in [1.82, 2.24) is 4.90 Å². The molecule has 168 valence electrons. The SMILES string of the molecule is Cc1cc(/C(O)=C2/C(=O)C(=O)N(C3CCCC3)C2c2ccccc2)ccc1OCC(C)C. The number of carbonyl (C=O) groups is 2. The molecular weight excluding hydrogens is 402 g/mol. The number of ether oxygens (including phenoxy) is 1. The van der Waals surface area contributed by atoms with Gasteiger partial charge in [0.25, 0.3) is 11.7 Å². The third-order valence-electron chi connectivity index (χ3n) is 6.33. The summed E-state index contributed by atoms with van der Waals surface area (Å²) in [5.74, 6) is -0.0978. The summed E-state index contributed by atoms with van der Waals surface area (Å²) in [6.45, 7) is 6.69. The van der Waals surface area contributed by atoms with Crippen LogP contribution in [0, 0.1) is 12.8 Å². The number of carbonyl (C=O) groups excluding carboxylic acids is 2. The number of benzene rings is 2. The number of aryl methyl sites for hydroxylation is 1. The van der Waals surface area contributed by atoms with Gasteiger partial charge < -0.3 is 14.7 Å². The molecule has 5 heteroatoms. The van der Waals surface area contributed by atoms with E-state index in [0.717, 1.165) is 42.6 Å². The average molecular weight is 434 g/mol. The van der Waals surface area contributed by atoms with Crippen LogP contribution in [0.25, 0.3) is 5.76 Å². The number of hydrogen-bond donors (Lipinski definition) is 1. The Hall–Kier alpha value is -3.08. The second kappa shape index (κ2) is 9.19. The minimum atomic E-state index is -0.610. The molecule has 0 aromatic heterocycles. The zero-order valence-electron chi connectivity index (χ0n) is 19.0. The van der Waals surface area contributed by atoms with E-state index in [2.05, 4.69) is 13.8 Å². The summed E-state index contributed by atoms with van der Waals surface area (Å²) >= 11 is 0. The van der Waals surface area contributed by atoms with E-state index in [1.54, 1.807) is 11.0 Å². The number of aliphatic hydroxyl groups excluding tert-OH is 1. The second-order valence-corrected chi connectivity index (χ2v) is 9.24. The molecule has 4 rings (SSSR count). The number of ketones is 1. The van der Waals surface area contributed by atoms with Gasteiger partial charge in [0, 0.05) is 11.6 Å². The molecular formula is C27H31NO4. The number of Topliss-reactive ketones (excluding diaryl/α,β-unsaturated/α-hetero) is 1. The van der Waals surface area contributed by atoms with Crippen molar-refractivity contribution in [3.8, 4) is 5.75 Å². The van der Waals surface area contributed by atoms with Crippen molar-refractivity contribution < 1.29 is 19.4 Å². The predicted molar refractivity (Wildman–Crippen MR) is 124 cm³/mol. The summed E-state index contributed by atoms with van der Waals surface area (Å²) in [4.78, 5) is 28.0. The standard InChI is InChI=1S/C27H31NO4/c1-17(2)16-32-22-14-13-20(15-18(22)3)25(29)23-24(19-9-5-4-6-10-19)28(27(31)26(23)30)21-11-7-8-12-21/h4-6,9-10,13-15,17,21,24,29H,7-8,11-12,16H2,1-3H3/b25-23-. The quantitative estimate of drug-likeness (QED) is 0.377. The normalized spacial score (nSPS) is 21.0. The minimum absolute atomic E-state index is 0.0236. The number of likely N-dealkylation sites (tertiary alicyclic amines) is 1. The molecule has 0 radical (unpaired) electrons. The van der Waals surface area contributed by atoms with Gasteiger partial charge in [0.15, 0.2) is 0 Å². The van der Waals surface area contributed by atoms with E-state index in [1.807, 2.05) is 49.4 Å². The monoisotopic (exact) mass is 433 g/mol. The molecule has 5 nitrogen and oxygen atoms in total. The largest absolute Gasteiger partial charge is 0.507 e. The fourth-order valence-corrected chi connectivity index (χ4v) is 4.74. The lowest BCUT2D eigenvalue weighted by Gasteiger charge is -2.30. The molecule has 1 saturated carbocycles. The van der Waals surface area contributed by atoms with Crippen LogP contribution in [-0.4, -0.2) is 34.3 Å². The van der Waals surface area contributed by atoms with Crippen LogP contribution in [0.15, 0.2) is 54.1 Å². The molecule has 1 heterocycles. The molecule has 2 aromatic rings. The molecule has 1 N–H and O–H groups in total. The van der Waals surface area contributed by atoms with Crippen LogP contribution in [0.4, 0.5) is 0 Å². The molecule has 1 atom stereocenters. The van der Waals surface area contributed by atoms with Crippen LogP contribution in [0.5, 0.6) is 5.75 Å². The van der Waals surface area contributed by atoms with Crippen LogP contribution in [0.1, 0.15) is 62.3 Å². The molecule has 0 spiro atoms. The van der Waals surface area contributed by atoms with Crippen molar-refractivity contribution in [2.24, 2.45) is 5.92 Å². The van der Waals surface area contributed by atoms with Crippen molar-refractivity contribution in [3.63, 3.8) is 0 Å². The van der Waals surface area contributed by atoms with E-state index >= 15 is 0 Å². The lowest BCUT2D eigenvalue weighted by atomic mass is 9.94. The third-order valence-corrected chi connectivity index (χ3v) is 6.33. The summed E-state index contributed by atoms with van der Waals surface area (Å²) in [5, 5.41) is 11.3. The first-order valence-electron chi connectivity index (χ1n) is 11.5. The summed E-state index contributed by atoms with van der Waals surface area (Å²) < 4.78 is 5.84. The van der Waals surface area contributed by atoms with E-state index in [1.165, 1.54) is 0 Å². The van der Waals surface area contributed by atoms with Crippen LogP contribution in [0.2, 0.25) is 0 Å². The van der Waals surface area contributed by atoms with E-state index in [4.69, 9.17) is 4.74 Å². The lowest BCUT2D eigenvalue weighted by Crippen LogP contribution is -2.37.